The van der Waals surface area contributed by atoms with E-state index in [1.54, 1.807) is 50.4 Å². The van der Waals surface area contributed by atoms with E-state index >= 15 is 0 Å². The van der Waals surface area contributed by atoms with Gasteiger partial charge in [-0.25, -0.2) is 4.79 Å². The Hall–Kier alpha value is -2.82. The van der Waals surface area contributed by atoms with Crippen molar-refractivity contribution in [3.05, 3.63) is 59.2 Å². The number of hydrogen-bond donors (Lipinski definition) is 2. The number of benzene rings is 2. The number of amides is 1. The first-order valence-corrected chi connectivity index (χ1v) is 6.30. The Morgan fingerprint density at radius 3 is 2.33 bits per heavy atom. The van der Waals surface area contributed by atoms with Crippen molar-refractivity contribution in [3.8, 4) is 5.75 Å². The number of carbonyl (C=O) groups is 2. The van der Waals surface area contributed by atoms with Crippen LogP contribution in [0.5, 0.6) is 5.75 Å². The first-order valence-electron chi connectivity index (χ1n) is 6.30. The second kappa shape index (κ2) is 6.09. The van der Waals surface area contributed by atoms with Crippen molar-refractivity contribution >= 4 is 17.6 Å². The first kappa shape index (κ1) is 14.6. The van der Waals surface area contributed by atoms with Crippen molar-refractivity contribution in [1.82, 2.24) is 0 Å². The van der Waals surface area contributed by atoms with Gasteiger partial charge in [-0.05, 0) is 43.3 Å². The predicted octanol–water partition coefficient (Wildman–Crippen LogP) is 2.95. The van der Waals surface area contributed by atoms with Gasteiger partial charge < -0.3 is 15.2 Å². The van der Waals surface area contributed by atoms with Crippen LogP contribution in [0.15, 0.2) is 42.5 Å². The minimum atomic E-state index is -1.08. The second-order valence-electron chi connectivity index (χ2n) is 4.54. The average molecular weight is 285 g/mol. The van der Waals surface area contributed by atoms with Crippen LogP contribution in [0.3, 0.4) is 0 Å². The lowest BCUT2D eigenvalue weighted by Crippen LogP contribution is -2.14. The summed E-state index contributed by atoms with van der Waals surface area (Å²) in [5.41, 5.74) is 1.58. The van der Waals surface area contributed by atoms with Gasteiger partial charge in [0.2, 0.25) is 0 Å². The molecule has 2 N–H and O–H groups in total. The van der Waals surface area contributed by atoms with Crippen molar-refractivity contribution in [1.29, 1.82) is 0 Å². The molecule has 0 aliphatic carbocycles. The fourth-order valence-electron chi connectivity index (χ4n) is 1.88. The van der Waals surface area contributed by atoms with Gasteiger partial charge in [-0.1, -0.05) is 11.6 Å². The van der Waals surface area contributed by atoms with Crippen LogP contribution in [-0.4, -0.2) is 24.1 Å². The third-order valence-electron chi connectivity index (χ3n) is 3.01. The molecular formula is C16H15NO4. The zero-order valence-corrected chi connectivity index (χ0v) is 11.7. The molecule has 0 bridgehead atoms. The minimum Gasteiger partial charge on any atom is -0.497 e. The number of hydrogen-bond acceptors (Lipinski definition) is 3. The van der Waals surface area contributed by atoms with Crippen LogP contribution < -0.4 is 10.1 Å². The first-order chi connectivity index (χ1) is 10.0. The maximum absolute atomic E-state index is 12.1. The molecule has 0 saturated carbocycles. The van der Waals surface area contributed by atoms with Crippen LogP contribution in [0.25, 0.3) is 0 Å². The van der Waals surface area contributed by atoms with E-state index in [0.29, 0.717) is 11.3 Å². The number of ether oxygens (including phenoxy) is 1. The van der Waals surface area contributed by atoms with Crippen LogP contribution in [0.2, 0.25) is 0 Å². The molecule has 0 spiro atoms. The Balaban J connectivity index is 2.24. The van der Waals surface area contributed by atoms with Gasteiger partial charge in [0.15, 0.2) is 0 Å². The van der Waals surface area contributed by atoms with E-state index in [-0.39, 0.29) is 17.2 Å². The van der Waals surface area contributed by atoms with Gasteiger partial charge in [0.05, 0.1) is 18.4 Å². The Morgan fingerprint density at radius 1 is 1.10 bits per heavy atom. The molecule has 0 radical (unpaired) electrons. The zero-order valence-electron chi connectivity index (χ0n) is 11.7. The zero-order chi connectivity index (χ0) is 15.4. The number of aryl methyl sites for hydroxylation is 1. The normalized spacial score (nSPS) is 10.0. The smallest absolute Gasteiger partial charge is 0.337 e. The number of carbonyl (C=O) groups excluding carboxylic acids is 1. The van der Waals surface area contributed by atoms with Crippen molar-refractivity contribution in [3.63, 3.8) is 0 Å². The number of nitrogens with one attached hydrogen (secondary N) is 1. The van der Waals surface area contributed by atoms with Crippen molar-refractivity contribution < 1.29 is 19.4 Å². The molecule has 5 nitrogen and oxygen atoms in total. The van der Waals surface area contributed by atoms with Crippen molar-refractivity contribution in [2.45, 2.75) is 6.92 Å². The number of rotatable bonds is 4. The molecule has 2 aromatic rings. The molecule has 1 amide bonds. The van der Waals surface area contributed by atoms with Crippen LogP contribution in [0.1, 0.15) is 26.3 Å². The summed E-state index contributed by atoms with van der Waals surface area (Å²) >= 11 is 0. The lowest BCUT2D eigenvalue weighted by atomic mass is 10.1. The van der Waals surface area contributed by atoms with Gasteiger partial charge in [0, 0.05) is 5.56 Å². The summed E-state index contributed by atoms with van der Waals surface area (Å²) in [6.45, 7) is 1.79. The number of carboxylic acid groups (broad SMARTS) is 1. The van der Waals surface area contributed by atoms with E-state index in [9.17, 15) is 14.7 Å². The summed E-state index contributed by atoms with van der Waals surface area (Å²) < 4.78 is 5.02. The molecule has 0 unspecified atom stereocenters. The highest BCUT2D eigenvalue weighted by atomic mass is 16.5. The topological polar surface area (TPSA) is 75.6 Å². The molecule has 2 aromatic carbocycles. The van der Waals surface area contributed by atoms with E-state index in [1.165, 1.54) is 6.07 Å². The fourth-order valence-corrected chi connectivity index (χ4v) is 1.88. The molecule has 5 heteroatoms. The van der Waals surface area contributed by atoms with E-state index in [0.717, 1.165) is 5.56 Å². The lowest BCUT2D eigenvalue weighted by Gasteiger charge is -2.09. The highest BCUT2D eigenvalue weighted by molar-refractivity contribution is 6.07. The number of anilines is 1. The van der Waals surface area contributed by atoms with Gasteiger partial charge >= 0.3 is 5.97 Å². The molecule has 0 heterocycles. The number of methoxy groups -OCH3 is 1. The molecule has 0 aromatic heterocycles. The third kappa shape index (κ3) is 3.39. The fraction of sp³-hybridized carbons (Fsp3) is 0.125. The van der Waals surface area contributed by atoms with Crippen molar-refractivity contribution in [2.75, 3.05) is 12.4 Å². The second-order valence-corrected chi connectivity index (χ2v) is 4.54. The Labute approximate surface area is 122 Å². The molecule has 2 rings (SSSR count). The molecule has 21 heavy (non-hydrogen) atoms. The maximum Gasteiger partial charge on any atom is 0.337 e. The van der Waals surface area contributed by atoms with Crippen LogP contribution >= 0.6 is 0 Å². The Bertz CT molecular complexity index is 677. The molecule has 0 fully saturated rings. The largest absolute Gasteiger partial charge is 0.497 e. The van der Waals surface area contributed by atoms with Crippen LogP contribution in [0.4, 0.5) is 5.69 Å². The Kier molecular flexibility index (Phi) is 4.23. The standard InChI is InChI=1S/C16H15NO4/c1-10-3-8-14(13(9-10)16(19)20)17-15(18)11-4-6-12(21-2)7-5-11/h3-9H,1-2H3,(H,17,18)(H,19,20). The van der Waals surface area contributed by atoms with Gasteiger partial charge in [0.1, 0.15) is 5.75 Å². The summed E-state index contributed by atoms with van der Waals surface area (Å²) in [7, 11) is 1.54. The highest BCUT2D eigenvalue weighted by Crippen LogP contribution is 2.19. The molecule has 0 aliphatic heterocycles. The number of carboxylic acids is 1. The molecule has 108 valence electrons. The van der Waals surface area contributed by atoms with Gasteiger partial charge in [-0.2, -0.15) is 0 Å². The quantitative estimate of drug-likeness (QED) is 0.905. The predicted molar refractivity (Wildman–Crippen MR) is 79.1 cm³/mol. The summed E-state index contributed by atoms with van der Waals surface area (Å²) in [5, 5.41) is 11.8. The molecule has 0 saturated heterocycles. The van der Waals surface area contributed by atoms with E-state index in [2.05, 4.69) is 5.32 Å². The van der Waals surface area contributed by atoms with E-state index < -0.39 is 5.97 Å². The monoisotopic (exact) mass is 285 g/mol. The Morgan fingerprint density at radius 2 is 1.76 bits per heavy atom. The maximum atomic E-state index is 12.1. The summed E-state index contributed by atoms with van der Waals surface area (Å²) in [6, 6.07) is 11.4. The summed E-state index contributed by atoms with van der Waals surface area (Å²) in [4.78, 5) is 23.3. The van der Waals surface area contributed by atoms with Gasteiger partial charge in [0.25, 0.3) is 5.91 Å². The summed E-state index contributed by atoms with van der Waals surface area (Å²) in [5.74, 6) is -0.805. The van der Waals surface area contributed by atoms with Crippen molar-refractivity contribution in [2.24, 2.45) is 0 Å². The SMILES string of the molecule is COc1ccc(C(=O)Nc2ccc(C)cc2C(=O)O)cc1. The van der Waals surface area contributed by atoms with Gasteiger partial charge in [-0.15, -0.1) is 0 Å². The number of aromatic carboxylic acids is 1. The molecular weight excluding hydrogens is 270 g/mol. The van der Waals surface area contributed by atoms with Crippen LogP contribution in [-0.2, 0) is 0 Å². The molecule has 0 atom stereocenters. The third-order valence-corrected chi connectivity index (χ3v) is 3.01. The molecule has 0 aliphatic rings. The van der Waals surface area contributed by atoms with E-state index in [1.807, 2.05) is 0 Å². The van der Waals surface area contributed by atoms with Gasteiger partial charge in [-0.3, -0.25) is 4.79 Å². The van der Waals surface area contributed by atoms with E-state index in [4.69, 9.17) is 4.74 Å². The average Bonchev–Trinajstić information content (AvgIpc) is 2.49. The van der Waals surface area contributed by atoms with Crippen LogP contribution in [0, 0.1) is 6.92 Å². The summed E-state index contributed by atoms with van der Waals surface area (Å²) in [6.07, 6.45) is 0. The lowest BCUT2D eigenvalue weighted by molar-refractivity contribution is 0.0698. The highest BCUT2D eigenvalue weighted by Gasteiger charge is 2.13. The minimum absolute atomic E-state index is 0.0665.